The number of hydrogen-bond acceptors (Lipinski definition) is 4. The monoisotopic (exact) mass is 292 g/mol. The summed E-state index contributed by atoms with van der Waals surface area (Å²) in [7, 11) is 4.03. The molecule has 0 saturated carbocycles. The lowest BCUT2D eigenvalue weighted by molar-refractivity contribution is 0.155. The SMILES string of the molecule is CC(Cl)CN(C)C.Cl.On1nnc2ccccc21. The molecule has 0 fully saturated rings. The first-order valence-corrected chi connectivity index (χ1v) is 5.73. The van der Waals surface area contributed by atoms with E-state index in [-0.39, 0.29) is 17.8 Å². The van der Waals surface area contributed by atoms with Gasteiger partial charge >= 0.3 is 0 Å². The Morgan fingerprint density at radius 1 is 1.39 bits per heavy atom. The molecule has 1 N–H and O–H groups in total. The van der Waals surface area contributed by atoms with E-state index in [1.165, 1.54) is 0 Å². The molecule has 5 nitrogen and oxygen atoms in total. The fourth-order valence-corrected chi connectivity index (χ4v) is 1.64. The van der Waals surface area contributed by atoms with E-state index in [4.69, 9.17) is 16.8 Å². The van der Waals surface area contributed by atoms with E-state index < -0.39 is 0 Å². The van der Waals surface area contributed by atoms with Gasteiger partial charge < -0.3 is 10.1 Å². The second kappa shape index (κ2) is 8.13. The minimum Gasteiger partial charge on any atom is -0.410 e. The zero-order chi connectivity index (χ0) is 12.8. The highest BCUT2D eigenvalue weighted by molar-refractivity contribution is 6.20. The highest BCUT2D eigenvalue weighted by Gasteiger charge is 1.98. The molecular weight excluding hydrogens is 275 g/mol. The van der Waals surface area contributed by atoms with Gasteiger partial charge in [-0.15, -0.1) is 29.1 Å². The van der Waals surface area contributed by atoms with E-state index >= 15 is 0 Å². The van der Waals surface area contributed by atoms with Crippen LogP contribution in [0.3, 0.4) is 0 Å². The normalized spacial score (nSPS) is 11.6. The summed E-state index contributed by atoms with van der Waals surface area (Å²) in [5.41, 5.74) is 1.33. The molecule has 18 heavy (non-hydrogen) atoms. The molecule has 0 saturated heterocycles. The van der Waals surface area contributed by atoms with Crippen molar-refractivity contribution in [2.45, 2.75) is 12.3 Å². The second-order valence-electron chi connectivity index (χ2n) is 4.01. The maximum Gasteiger partial charge on any atom is 0.130 e. The molecule has 0 bridgehead atoms. The summed E-state index contributed by atoms with van der Waals surface area (Å²) >= 11 is 5.63. The highest BCUT2D eigenvalue weighted by atomic mass is 35.5. The van der Waals surface area contributed by atoms with E-state index in [0.717, 1.165) is 11.4 Å². The maximum absolute atomic E-state index is 8.95. The minimum absolute atomic E-state index is 0. The van der Waals surface area contributed by atoms with Gasteiger partial charge in [-0.05, 0) is 38.4 Å². The molecule has 7 heteroatoms. The number of alkyl halides is 1. The summed E-state index contributed by atoms with van der Waals surface area (Å²) in [6, 6.07) is 7.19. The van der Waals surface area contributed by atoms with Crippen molar-refractivity contribution < 1.29 is 5.21 Å². The van der Waals surface area contributed by atoms with E-state index in [2.05, 4.69) is 15.2 Å². The summed E-state index contributed by atoms with van der Waals surface area (Å²) in [5, 5.41) is 16.3. The van der Waals surface area contributed by atoms with Crippen molar-refractivity contribution >= 4 is 35.0 Å². The molecule has 0 spiro atoms. The van der Waals surface area contributed by atoms with Gasteiger partial charge in [-0.3, -0.25) is 0 Å². The van der Waals surface area contributed by atoms with Gasteiger partial charge in [-0.25, -0.2) is 0 Å². The smallest absolute Gasteiger partial charge is 0.130 e. The van der Waals surface area contributed by atoms with Gasteiger partial charge in [0, 0.05) is 11.9 Å². The summed E-state index contributed by atoms with van der Waals surface area (Å²) in [4.78, 5) is 2.83. The number of benzene rings is 1. The minimum atomic E-state index is 0. The van der Waals surface area contributed by atoms with Crippen molar-refractivity contribution in [3.63, 3.8) is 0 Å². The Morgan fingerprint density at radius 2 is 2.00 bits per heavy atom. The Labute approximate surface area is 118 Å². The molecule has 1 atom stereocenters. The quantitative estimate of drug-likeness (QED) is 0.681. The van der Waals surface area contributed by atoms with E-state index in [9.17, 15) is 0 Å². The lowest BCUT2D eigenvalue weighted by Gasteiger charge is -2.09. The number of hydrogen-bond donors (Lipinski definition) is 1. The van der Waals surface area contributed by atoms with E-state index in [1.807, 2.05) is 33.2 Å². The maximum atomic E-state index is 8.95. The lowest BCUT2D eigenvalue weighted by atomic mass is 10.3. The van der Waals surface area contributed by atoms with Crippen LogP contribution in [0.2, 0.25) is 0 Å². The van der Waals surface area contributed by atoms with Crippen LogP contribution >= 0.6 is 24.0 Å². The van der Waals surface area contributed by atoms with Gasteiger partial charge in [0.2, 0.25) is 0 Å². The molecule has 0 radical (unpaired) electrons. The van der Waals surface area contributed by atoms with Crippen molar-refractivity contribution in [3.05, 3.63) is 24.3 Å². The third-order valence-electron chi connectivity index (χ3n) is 1.95. The fourth-order valence-electron chi connectivity index (χ4n) is 1.36. The Hall–Kier alpha value is -1.04. The summed E-state index contributed by atoms with van der Waals surface area (Å²) < 4.78 is 0. The number of aromatic nitrogens is 3. The molecular formula is C11H18Cl2N4O. The molecule has 0 aliphatic heterocycles. The van der Waals surface area contributed by atoms with Gasteiger partial charge in [0.1, 0.15) is 11.0 Å². The molecule has 0 aliphatic rings. The summed E-state index contributed by atoms with van der Waals surface area (Å²) in [5.74, 6) is 0. The third kappa shape index (κ3) is 5.53. The number of rotatable bonds is 2. The van der Waals surface area contributed by atoms with Crippen molar-refractivity contribution in [3.8, 4) is 0 Å². The van der Waals surface area contributed by atoms with Gasteiger partial charge in [0.05, 0.1) is 0 Å². The van der Waals surface area contributed by atoms with Crippen LogP contribution in [0.15, 0.2) is 24.3 Å². The predicted molar refractivity (Wildman–Crippen MR) is 75.8 cm³/mol. The first-order chi connectivity index (χ1) is 8.00. The van der Waals surface area contributed by atoms with Crippen molar-refractivity contribution in [2.75, 3.05) is 20.6 Å². The molecule has 0 aliphatic carbocycles. The van der Waals surface area contributed by atoms with Crippen molar-refractivity contribution in [1.29, 1.82) is 0 Å². The molecule has 102 valence electrons. The topological polar surface area (TPSA) is 54.2 Å². The Kier molecular flexibility index (Phi) is 7.66. The van der Waals surface area contributed by atoms with Crippen LogP contribution in [0, 0.1) is 0 Å². The molecule has 2 aromatic rings. The van der Waals surface area contributed by atoms with Crippen LogP contribution in [-0.4, -0.2) is 51.3 Å². The van der Waals surface area contributed by atoms with Crippen LogP contribution < -0.4 is 0 Å². The Bertz CT molecular complexity index is 453. The van der Waals surface area contributed by atoms with Gasteiger partial charge in [-0.1, -0.05) is 17.0 Å². The lowest BCUT2D eigenvalue weighted by Crippen LogP contribution is -2.19. The molecule has 2 rings (SSSR count). The van der Waals surface area contributed by atoms with E-state index in [1.54, 1.807) is 12.1 Å². The first-order valence-electron chi connectivity index (χ1n) is 5.29. The first kappa shape index (κ1) is 17.0. The average Bonchev–Trinajstić information content (AvgIpc) is 2.60. The van der Waals surface area contributed by atoms with Crippen LogP contribution in [0.1, 0.15) is 6.92 Å². The zero-order valence-electron chi connectivity index (χ0n) is 10.6. The largest absolute Gasteiger partial charge is 0.410 e. The molecule has 1 unspecified atom stereocenters. The standard InChI is InChI=1S/C6H5N3O.C5H12ClN.ClH/c10-9-6-4-2-1-3-5(6)7-8-9;1-5(6)4-7(2)3;/h1-4,10H;5H,4H2,1-3H3;1H. The molecule has 0 amide bonds. The van der Waals surface area contributed by atoms with Crippen LogP contribution in [0.4, 0.5) is 0 Å². The Balaban J connectivity index is 0.000000326. The average molecular weight is 293 g/mol. The number of nitrogens with zero attached hydrogens (tertiary/aromatic N) is 4. The summed E-state index contributed by atoms with van der Waals surface area (Å²) in [6.45, 7) is 2.95. The summed E-state index contributed by atoms with van der Waals surface area (Å²) in [6.07, 6.45) is 0. The highest BCUT2D eigenvalue weighted by Crippen LogP contribution is 2.06. The van der Waals surface area contributed by atoms with Crippen LogP contribution in [0.25, 0.3) is 11.0 Å². The fraction of sp³-hybridized carbons (Fsp3) is 0.455. The number of para-hydroxylation sites is 1. The van der Waals surface area contributed by atoms with Crippen LogP contribution in [-0.2, 0) is 0 Å². The van der Waals surface area contributed by atoms with Crippen molar-refractivity contribution in [2.24, 2.45) is 0 Å². The Morgan fingerprint density at radius 3 is 2.44 bits per heavy atom. The van der Waals surface area contributed by atoms with Gasteiger partial charge in [0.25, 0.3) is 0 Å². The number of halogens is 2. The third-order valence-corrected chi connectivity index (χ3v) is 2.09. The van der Waals surface area contributed by atoms with Crippen molar-refractivity contribution in [1.82, 2.24) is 20.1 Å². The van der Waals surface area contributed by atoms with Gasteiger partial charge in [-0.2, -0.15) is 0 Å². The number of fused-ring (bicyclic) bond motifs is 1. The molecule has 1 heterocycles. The van der Waals surface area contributed by atoms with E-state index in [0.29, 0.717) is 11.0 Å². The second-order valence-corrected chi connectivity index (χ2v) is 4.76. The molecule has 1 aromatic carbocycles. The van der Waals surface area contributed by atoms with Crippen LogP contribution in [0.5, 0.6) is 0 Å². The predicted octanol–water partition coefficient (Wildman–Crippen LogP) is 2.27. The molecule has 1 aromatic heterocycles. The van der Waals surface area contributed by atoms with Gasteiger partial charge in [0.15, 0.2) is 0 Å². The zero-order valence-corrected chi connectivity index (χ0v) is 12.2.